The molecule has 1 fully saturated rings. The number of carbonyl (C=O) groups excluding carboxylic acids is 2. The second-order valence-corrected chi connectivity index (χ2v) is 7.31. The van der Waals surface area contributed by atoms with E-state index in [1.807, 2.05) is 17.0 Å². The molecule has 1 atom stereocenters. The van der Waals surface area contributed by atoms with Crippen molar-refractivity contribution in [2.24, 2.45) is 5.92 Å². The van der Waals surface area contributed by atoms with Crippen molar-refractivity contribution in [3.8, 4) is 0 Å². The van der Waals surface area contributed by atoms with Crippen LogP contribution in [0.1, 0.15) is 18.9 Å². The highest BCUT2D eigenvalue weighted by molar-refractivity contribution is 8.13. The Morgan fingerprint density at radius 3 is 2.62 bits per heavy atom. The van der Waals surface area contributed by atoms with Gasteiger partial charge in [0.2, 0.25) is 5.91 Å². The van der Waals surface area contributed by atoms with Crippen LogP contribution in [-0.2, 0) is 16.0 Å². The number of amides is 1. The largest absolute Gasteiger partial charge is 0.342 e. The maximum absolute atomic E-state index is 12.0. The standard InChI is InChI=1S/C15H17Cl2NO2S/c1-10(19)21-9-12-6-15(20)18(8-12)3-2-11-4-13(16)7-14(17)5-11/h4-5,7,12H,2-3,6,8-9H2,1H3. The maximum atomic E-state index is 12.0. The number of carbonyl (C=O) groups is 2. The number of hydrogen-bond acceptors (Lipinski definition) is 3. The van der Waals surface area contributed by atoms with Crippen LogP contribution in [0.25, 0.3) is 0 Å². The zero-order valence-electron chi connectivity index (χ0n) is 11.8. The van der Waals surface area contributed by atoms with Crippen LogP contribution in [-0.4, -0.2) is 34.8 Å². The predicted molar refractivity (Wildman–Crippen MR) is 88.0 cm³/mol. The molecule has 0 N–H and O–H groups in total. The van der Waals surface area contributed by atoms with Gasteiger partial charge >= 0.3 is 0 Å². The van der Waals surface area contributed by atoms with Gasteiger partial charge in [-0.1, -0.05) is 35.0 Å². The van der Waals surface area contributed by atoms with Gasteiger partial charge in [-0.15, -0.1) is 0 Å². The monoisotopic (exact) mass is 345 g/mol. The Kier molecular flexibility index (Phi) is 5.97. The summed E-state index contributed by atoms with van der Waals surface area (Å²) in [6.07, 6.45) is 1.27. The molecule has 6 heteroatoms. The Morgan fingerprint density at radius 1 is 1.33 bits per heavy atom. The van der Waals surface area contributed by atoms with Crippen molar-refractivity contribution >= 4 is 46.0 Å². The van der Waals surface area contributed by atoms with Crippen LogP contribution in [0.2, 0.25) is 10.0 Å². The lowest BCUT2D eigenvalue weighted by molar-refractivity contribution is -0.127. The number of hydrogen-bond donors (Lipinski definition) is 0. The molecule has 0 bridgehead atoms. The lowest BCUT2D eigenvalue weighted by Crippen LogP contribution is -2.27. The molecule has 1 amide bonds. The fourth-order valence-corrected chi connectivity index (χ4v) is 3.70. The average molecular weight is 346 g/mol. The van der Waals surface area contributed by atoms with E-state index in [9.17, 15) is 9.59 Å². The van der Waals surface area contributed by atoms with E-state index in [2.05, 4.69) is 0 Å². The smallest absolute Gasteiger partial charge is 0.222 e. The molecule has 0 saturated carbocycles. The van der Waals surface area contributed by atoms with Crippen molar-refractivity contribution < 1.29 is 9.59 Å². The van der Waals surface area contributed by atoms with E-state index in [0.29, 0.717) is 23.0 Å². The topological polar surface area (TPSA) is 37.4 Å². The van der Waals surface area contributed by atoms with E-state index < -0.39 is 0 Å². The molecule has 2 rings (SSSR count). The Bertz CT molecular complexity index is 530. The minimum Gasteiger partial charge on any atom is -0.342 e. The number of likely N-dealkylation sites (tertiary alicyclic amines) is 1. The van der Waals surface area contributed by atoms with Gasteiger partial charge in [-0.05, 0) is 36.1 Å². The highest BCUT2D eigenvalue weighted by Crippen LogP contribution is 2.24. The highest BCUT2D eigenvalue weighted by Gasteiger charge is 2.29. The third-order valence-corrected chi connectivity index (χ3v) is 4.89. The Hall–Kier alpha value is -0.710. The van der Waals surface area contributed by atoms with Gasteiger partial charge in [-0.3, -0.25) is 9.59 Å². The van der Waals surface area contributed by atoms with Crippen LogP contribution in [0.5, 0.6) is 0 Å². The predicted octanol–water partition coefficient (Wildman–Crippen LogP) is 3.66. The maximum Gasteiger partial charge on any atom is 0.222 e. The van der Waals surface area contributed by atoms with Crippen molar-refractivity contribution in [2.45, 2.75) is 19.8 Å². The van der Waals surface area contributed by atoms with Gasteiger partial charge in [-0.2, -0.15) is 0 Å². The second-order valence-electron chi connectivity index (χ2n) is 5.24. The van der Waals surface area contributed by atoms with Gasteiger partial charge in [0, 0.05) is 42.2 Å². The van der Waals surface area contributed by atoms with Gasteiger partial charge in [0.1, 0.15) is 0 Å². The first-order chi connectivity index (χ1) is 9.94. The lowest BCUT2D eigenvalue weighted by Gasteiger charge is -2.16. The fraction of sp³-hybridized carbons (Fsp3) is 0.467. The molecule has 1 heterocycles. The SMILES string of the molecule is CC(=O)SCC1CC(=O)N(CCc2cc(Cl)cc(Cl)c2)C1. The molecule has 114 valence electrons. The summed E-state index contributed by atoms with van der Waals surface area (Å²) in [4.78, 5) is 24.8. The van der Waals surface area contributed by atoms with Crippen LogP contribution in [0.4, 0.5) is 0 Å². The van der Waals surface area contributed by atoms with Crippen LogP contribution in [0.3, 0.4) is 0 Å². The molecular weight excluding hydrogens is 329 g/mol. The summed E-state index contributed by atoms with van der Waals surface area (Å²) in [7, 11) is 0. The minimum atomic E-state index is 0.106. The summed E-state index contributed by atoms with van der Waals surface area (Å²) in [6, 6.07) is 5.44. The molecule has 21 heavy (non-hydrogen) atoms. The average Bonchev–Trinajstić information content (AvgIpc) is 2.73. The molecule has 1 aliphatic heterocycles. The second kappa shape index (κ2) is 7.52. The summed E-state index contributed by atoms with van der Waals surface area (Å²) in [5, 5.41) is 1.33. The molecule has 1 aromatic rings. The molecular formula is C15H17Cl2NO2S. The van der Waals surface area contributed by atoms with Gasteiger partial charge in [-0.25, -0.2) is 0 Å². The van der Waals surface area contributed by atoms with Crippen LogP contribution in [0, 0.1) is 5.92 Å². The molecule has 1 unspecified atom stereocenters. The van der Waals surface area contributed by atoms with Crippen molar-refractivity contribution in [1.82, 2.24) is 4.90 Å². The van der Waals surface area contributed by atoms with Crippen LogP contribution >= 0.6 is 35.0 Å². The Labute approximate surface area is 139 Å². The molecule has 0 aromatic heterocycles. The number of thioether (sulfide) groups is 1. The zero-order chi connectivity index (χ0) is 15.4. The third-order valence-electron chi connectivity index (χ3n) is 3.41. The van der Waals surface area contributed by atoms with Gasteiger partial charge in [0.25, 0.3) is 0 Å². The van der Waals surface area contributed by atoms with E-state index in [1.165, 1.54) is 11.8 Å². The fourth-order valence-electron chi connectivity index (χ4n) is 2.44. The third kappa shape index (κ3) is 5.20. The van der Waals surface area contributed by atoms with E-state index >= 15 is 0 Å². The Morgan fingerprint density at radius 2 is 2.00 bits per heavy atom. The Balaban J connectivity index is 1.85. The lowest BCUT2D eigenvalue weighted by atomic mass is 10.1. The molecule has 3 nitrogen and oxygen atoms in total. The van der Waals surface area contributed by atoms with Crippen molar-refractivity contribution in [3.05, 3.63) is 33.8 Å². The molecule has 0 aliphatic carbocycles. The number of halogens is 2. The van der Waals surface area contributed by atoms with Crippen LogP contribution < -0.4 is 0 Å². The first kappa shape index (κ1) is 16.7. The van der Waals surface area contributed by atoms with Crippen molar-refractivity contribution in [1.29, 1.82) is 0 Å². The quantitative estimate of drug-likeness (QED) is 0.817. The summed E-state index contributed by atoms with van der Waals surface area (Å²) < 4.78 is 0. The van der Waals surface area contributed by atoms with Gasteiger partial charge < -0.3 is 4.90 Å². The number of benzene rings is 1. The number of rotatable bonds is 5. The zero-order valence-corrected chi connectivity index (χ0v) is 14.1. The van der Waals surface area contributed by atoms with E-state index in [0.717, 1.165) is 24.3 Å². The van der Waals surface area contributed by atoms with E-state index in [1.54, 1.807) is 13.0 Å². The van der Waals surface area contributed by atoms with E-state index in [-0.39, 0.29) is 16.9 Å². The van der Waals surface area contributed by atoms with Crippen LogP contribution in [0.15, 0.2) is 18.2 Å². The van der Waals surface area contributed by atoms with Gasteiger partial charge in [0.15, 0.2) is 5.12 Å². The summed E-state index contributed by atoms with van der Waals surface area (Å²) in [6.45, 7) is 2.95. The minimum absolute atomic E-state index is 0.106. The first-order valence-corrected chi connectivity index (χ1v) is 8.54. The summed E-state index contributed by atoms with van der Waals surface area (Å²) >= 11 is 13.2. The molecule has 1 saturated heterocycles. The molecule has 0 radical (unpaired) electrons. The van der Waals surface area contributed by atoms with E-state index in [4.69, 9.17) is 23.2 Å². The van der Waals surface area contributed by atoms with Crippen molar-refractivity contribution in [2.75, 3.05) is 18.8 Å². The normalized spacial score (nSPS) is 18.3. The highest BCUT2D eigenvalue weighted by atomic mass is 35.5. The number of nitrogens with zero attached hydrogens (tertiary/aromatic N) is 1. The van der Waals surface area contributed by atoms with Gasteiger partial charge in [0.05, 0.1) is 0 Å². The summed E-state index contributed by atoms with van der Waals surface area (Å²) in [5.74, 6) is 1.16. The molecule has 1 aliphatic rings. The first-order valence-electron chi connectivity index (χ1n) is 6.80. The molecule has 0 spiro atoms. The van der Waals surface area contributed by atoms with Crippen molar-refractivity contribution in [3.63, 3.8) is 0 Å². The molecule has 1 aromatic carbocycles. The summed E-state index contributed by atoms with van der Waals surface area (Å²) in [5.41, 5.74) is 1.03.